The van der Waals surface area contributed by atoms with Crippen molar-refractivity contribution in [1.82, 2.24) is 0 Å². The maximum atomic E-state index is 2.37. The van der Waals surface area contributed by atoms with E-state index in [-0.39, 0.29) is 0 Å². The first kappa shape index (κ1) is 12.4. The van der Waals surface area contributed by atoms with Gasteiger partial charge in [0.25, 0.3) is 0 Å². The second-order valence-corrected chi connectivity index (χ2v) is 5.21. The van der Waals surface area contributed by atoms with Crippen molar-refractivity contribution in [2.24, 2.45) is 17.8 Å². The van der Waals surface area contributed by atoms with Gasteiger partial charge in [-0.2, -0.15) is 0 Å². The highest BCUT2D eigenvalue weighted by molar-refractivity contribution is 5.24. The van der Waals surface area contributed by atoms with Gasteiger partial charge in [-0.15, -0.1) is 0 Å². The van der Waals surface area contributed by atoms with Gasteiger partial charge in [0.05, 0.1) is 0 Å². The van der Waals surface area contributed by atoms with Gasteiger partial charge in [0.2, 0.25) is 0 Å². The highest BCUT2D eigenvalue weighted by Crippen LogP contribution is 2.34. The Morgan fingerprint density at radius 1 is 0.765 bits per heavy atom. The van der Waals surface area contributed by atoms with Crippen molar-refractivity contribution in [3.63, 3.8) is 0 Å². The molecule has 0 amide bonds. The van der Waals surface area contributed by atoms with Crippen molar-refractivity contribution in [2.45, 2.75) is 39.0 Å². The third-order valence-electron chi connectivity index (χ3n) is 3.94. The van der Waals surface area contributed by atoms with Crippen LogP contribution >= 0.6 is 0 Å². The highest BCUT2D eigenvalue weighted by atomic mass is 14.3. The summed E-state index contributed by atoms with van der Waals surface area (Å²) in [6.07, 6.45) is 25.1. The zero-order valence-electron chi connectivity index (χ0n) is 10.9. The van der Waals surface area contributed by atoms with E-state index in [9.17, 15) is 0 Å². The molecule has 0 aromatic carbocycles. The Morgan fingerprint density at radius 3 is 1.76 bits per heavy atom. The van der Waals surface area contributed by atoms with Crippen molar-refractivity contribution in [1.29, 1.82) is 0 Å². The monoisotopic (exact) mass is 228 g/mol. The minimum atomic E-state index is 0.661. The molecule has 92 valence electrons. The van der Waals surface area contributed by atoms with Gasteiger partial charge >= 0.3 is 0 Å². The van der Waals surface area contributed by atoms with Crippen LogP contribution in [0.1, 0.15) is 39.0 Å². The van der Waals surface area contributed by atoms with Gasteiger partial charge in [-0.05, 0) is 24.2 Å². The Hall–Kier alpha value is -1.04. The number of unbranched alkanes of at least 4 members (excludes halogenated alkanes) is 3. The molecule has 0 fully saturated rings. The van der Waals surface area contributed by atoms with Gasteiger partial charge in [-0.3, -0.25) is 0 Å². The van der Waals surface area contributed by atoms with Crippen LogP contribution in [0.5, 0.6) is 0 Å². The molecule has 2 aliphatic rings. The van der Waals surface area contributed by atoms with Crippen LogP contribution in [-0.2, 0) is 0 Å². The third-order valence-corrected chi connectivity index (χ3v) is 3.94. The molecule has 0 bridgehead atoms. The lowest BCUT2D eigenvalue weighted by Crippen LogP contribution is -2.17. The third kappa shape index (κ3) is 3.46. The van der Waals surface area contributed by atoms with E-state index in [1.54, 1.807) is 0 Å². The van der Waals surface area contributed by atoms with E-state index < -0.39 is 0 Å². The molecular formula is C17H24. The lowest BCUT2D eigenvalue weighted by Gasteiger charge is -2.25. The summed E-state index contributed by atoms with van der Waals surface area (Å²) in [5, 5.41) is 0. The van der Waals surface area contributed by atoms with E-state index in [0.717, 1.165) is 5.92 Å². The van der Waals surface area contributed by atoms with Gasteiger partial charge in [0, 0.05) is 0 Å². The summed E-state index contributed by atoms with van der Waals surface area (Å²) >= 11 is 0. The van der Waals surface area contributed by atoms with Crippen LogP contribution in [-0.4, -0.2) is 0 Å². The second kappa shape index (κ2) is 6.64. The zero-order valence-corrected chi connectivity index (χ0v) is 10.9. The van der Waals surface area contributed by atoms with Gasteiger partial charge in [0.15, 0.2) is 0 Å². The fraction of sp³-hybridized carbons (Fsp3) is 0.529. The van der Waals surface area contributed by atoms with E-state index >= 15 is 0 Å². The Bertz CT molecular complexity index is 278. The van der Waals surface area contributed by atoms with E-state index in [0.29, 0.717) is 11.8 Å². The maximum Gasteiger partial charge on any atom is -0.00103 e. The van der Waals surface area contributed by atoms with E-state index in [1.807, 2.05) is 0 Å². The Balaban J connectivity index is 1.88. The maximum absolute atomic E-state index is 2.37. The molecule has 0 aromatic rings. The van der Waals surface area contributed by atoms with Crippen LogP contribution in [0.25, 0.3) is 0 Å². The molecule has 0 heteroatoms. The normalized spacial score (nSPS) is 19.2. The summed E-state index contributed by atoms with van der Waals surface area (Å²) in [5.74, 6) is 2.10. The van der Waals surface area contributed by atoms with Crippen LogP contribution in [0, 0.1) is 17.8 Å². The minimum Gasteiger partial charge on any atom is -0.0773 e. The fourth-order valence-electron chi connectivity index (χ4n) is 2.92. The van der Waals surface area contributed by atoms with Gasteiger partial charge < -0.3 is 0 Å². The molecule has 2 rings (SSSR count). The molecule has 0 nitrogen and oxygen atoms in total. The van der Waals surface area contributed by atoms with Gasteiger partial charge in [-0.1, -0.05) is 81.2 Å². The molecule has 0 atom stereocenters. The summed E-state index contributed by atoms with van der Waals surface area (Å²) in [5.41, 5.74) is 0. The minimum absolute atomic E-state index is 0.661. The summed E-state index contributed by atoms with van der Waals surface area (Å²) < 4.78 is 0. The van der Waals surface area contributed by atoms with Gasteiger partial charge in [-0.25, -0.2) is 0 Å². The van der Waals surface area contributed by atoms with Crippen molar-refractivity contribution >= 4 is 0 Å². The number of hydrogen-bond donors (Lipinski definition) is 0. The molecule has 0 heterocycles. The average Bonchev–Trinajstić information content (AvgIpc) is 3.02. The average molecular weight is 228 g/mol. The quantitative estimate of drug-likeness (QED) is 0.534. The molecule has 0 unspecified atom stereocenters. The fourth-order valence-corrected chi connectivity index (χ4v) is 2.92. The van der Waals surface area contributed by atoms with Crippen LogP contribution in [0.15, 0.2) is 48.6 Å². The molecule has 0 aromatic heterocycles. The summed E-state index contributed by atoms with van der Waals surface area (Å²) in [4.78, 5) is 0. The summed E-state index contributed by atoms with van der Waals surface area (Å²) in [6, 6.07) is 0. The Kier molecular flexibility index (Phi) is 4.85. The predicted molar refractivity (Wildman–Crippen MR) is 75.8 cm³/mol. The van der Waals surface area contributed by atoms with Crippen LogP contribution in [0.4, 0.5) is 0 Å². The van der Waals surface area contributed by atoms with Crippen molar-refractivity contribution in [3.05, 3.63) is 48.6 Å². The number of allylic oxidation sites excluding steroid dienone is 8. The van der Waals surface area contributed by atoms with E-state index in [2.05, 4.69) is 55.5 Å². The molecule has 2 aliphatic carbocycles. The zero-order chi connectivity index (χ0) is 11.9. The lowest BCUT2D eigenvalue weighted by atomic mass is 9.79. The first-order chi connectivity index (χ1) is 8.42. The van der Waals surface area contributed by atoms with Crippen LogP contribution in [0.2, 0.25) is 0 Å². The second-order valence-electron chi connectivity index (χ2n) is 5.21. The summed E-state index contributed by atoms with van der Waals surface area (Å²) in [7, 11) is 0. The number of rotatable bonds is 7. The molecular weight excluding hydrogens is 204 g/mol. The molecule has 0 radical (unpaired) electrons. The van der Waals surface area contributed by atoms with E-state index in [4.69, 9.17) is 0 Å². The molecule has 0 aliphatic heterocycles. The Morgan fingerprint density at radius 2 is 1.29 bits per heavy atom. The Labute approximate surface area is 106 Å². The number of hydrogen-bond acceptors (Lipinski definition) is 0. The SMILES string of the molecule is CCCCCCC(C1C=CC=C1)C1C=CC=C1. The van der Waals surface area contributed by atoms with E-state index in [1.165, 1.54) is 32.1 Å². The summed E-state index contributed by atoms with van der Waals surface area (Å²) in [6.45, 7) is 2.28. The smallest absolute Gasteiger partial charge is 0.00103 e. The first-order valence-electron chi connectivity index (χ1n) is 7.12. The topological polar surface area (TPSA) is 0 Å². The van der Waals surface area contributed by atoms with Crippen molar-refractivity contribution < 1.29 is 0 Å². The van der Waals surface area contributed by atoms with Crippen molar-refractivity contribution in [2.75, 3.05) is 0 Å². The highest BCUT2D eigenvalue weighted by Gasteiger charge is 2.24. The molecule has 0 saturated carbocycles. The van der Waals surface area contributed by atoms with Gasteiger partial charge in [0.1, 0.15) is 0 Å². The molecule has 0 saturated heterocycles. The first-order valence-corrected chi connectivity index (χ1v) is 7.12. The standard InChI is InChI=1S/C17H24/c1-2-3-4-5-14-17(15-10-6-7-11-15)16-12-8-9-13-16/h6-13,15-17H,2-5,14H2,1H3. The van der Waals surface area contributed by atoms with Crippen molar-refractivity contribution in [3.8, 4) is 0 Å². The molecule has 0 spiro atoms. The molecule has 17 heavy (non-hydrogen) atoms. The molecule has 0 N–H and O–H groups in total. The lowest BCUT2D eigenvalue weighted by molar-refractivity contribution is 0.353. The van der Waals surface area contributed by atoms with Crippen LogP contribution < -0.4 is 0 Å². The largest absolute Gasteiger partial charge is 0.0773 e. The van der Waals surface area contributed by atoms with Crippen LogP contribution in [0.3, 0.4) is 0 Å². The predicted octanol–water partition coefficient (Wildman–Crippen LogP) is 5.06.